The number of fused-ring (bicyclic) bond motifs is 1. The zero-order valence-corrected chi connectivity index (χ0v) is 22.2. The fourth-order valence-corrected chi connectivity index (χ4v) is 4.54. The standard InChI is InChI=1S/C29H25ClN6O4/c1-18-14-25(34-33-18)32-26(37)17-35-24-9-5-3-7-22(24)28(39)36(29(35)40)16-19-10-12-20(13-11-19)27(38)31-15-21-6-2-4-8-23(21)30/h2-14H,15-17H2,1H3,(H,31,38)(H2,32,33,34,37). The molecule has 0 aliphatic rings. The molecule has 10 nitrogen and oxygen atoms in total. The number of anilines is 1. The fraction of sp³-hybridized carbons (Fsp3) is 0.138. The summed E-state index contributed by atoms with van der Waals surface area (Å²) in [6.07, 6.45) is 0. The lowest BCUT2D eigenvalue weighted by Gasteiger charge is -2.14. The van der Waals surface area contributed by atoms with Crippen molar-refractivity contribution in [2.75, 3.05) is 5.32 Å². The predicted octanol–water partition coefficient (Wildman–Crippen LogP) is 3.47. The number of nitrogens with one attached hydrogen (secondary N) is 3. The Bertz CT molecular complexity index is 1840. The van der Waals surface area contributed by atoms with Crippen LogP contribution in [0.3, 0.4) is 0 Å². The van der Waals surface area contributed by atoms with Gasteiger partial charge in [0.25, 0.3) is 11.5 Å². The van der Waals surface area contributed by atoms with Crippen LogP contribution in [0.25, 0.3) is 10.9 Å². The SMILES string of the molecule is Cc1cc(NC(=O)Cn2c(=O)n(Cc3ccc(C(=O)NCc4ccccc4Cl)cc3)c(=O)c3ccccc32)n[nH]1. The maximum Gasteiger partial charge on any atom is 0.332 e. The molecular weight excluding hydrogens is 532 g/mol. The van der Waals surface area contributed by atoms with Crippen LogP contribution in [0.2, 0.25) is 5.02 Å². The lowest BCUT2D eigenvalue weighted by atomic mass is 10.1. The zero-order valence-electron chi connectivity index (χ0n) is 21.5. The van der Waals surface area contributed by atoms with Crippen LogP contribution in [-0.4, -0.2) is 31.1 Å². The van der Waals surface area contributed by atoms with Gasteiger partial charge < -0.3 is 10.6 Å². The molecule has 0 fully saturated rings. The van der Waals surface area contributed by atoms with E-state index in [0.717, 1.165) is 15.8 Å². The Labute approximate surface area is 233 Å². The summed E-state index contributed by atoms with van der Waals surface area (Å²) in [6, 6.07) is 22.2. The van der Waals surface area contributed by atoms with E-state index < -0.39 is 17.2 Å². The molecule has 3 aromatic carbocycles. The average Bonchev–Trinajstić information content (AvgIpc) is 3.37. The first-order chi connectivity index (χ1) is 19.3. The molecule has 0 saturated carbocycles. The number of aryl methyl sites for hydroxylation is 1. The van der Waals surface area contributed by atoms with Crippen molar-refractivity contribution in [3.05, 3.63) is 127 Å². The van der Waals surface area contributed by atoms with Crippen molar-refractivity contribution in [1.82, 2.24) is 24.6 Å². The maximum atomic E-state index is 13.5. The monoisotopic (exact) mass is 556 g/mol. The van der Waals surface area contributed by atoms with Gasteiger partial charge in [-0.1, -0.05) is 54.1 Å². The molecule has 0 aliphatic carbocycles. The van der Waals surface area contributed by atoms with Gasteiger partial charge in [-0.25, -0.2) is 4.79 Å². The minimum Gasteiger partial charge on any atom is -0.348 e. The van der Waals surface area contributed by atoms with Crippen LogP contribution in [0.15, 0.2) is 88.5 Å². The molecule has 0 atom stereocenters. The van der Waals surface area contributed by atoms with Crippen LogP contribution < -0.4 is 21.9 Å². The highest BCUT2D eigenvalue weighted by Crippen LogP contribution is 2.15. The van der Waals surface area contributed by atoms with Gasteiger partial charge in [0, 0.05) is 28.9 Å². The van der Waals surface area contributed by atoms with Crippen LogP contribution >= 0.6 is 11.6 Å². The molecule has 0 spiro atoms. The van der Waals surface area contributed by atoms with Gasteiger partial charge in [-0.2, -0.15) is 5.10 Å². The number of carbonyl (C=O) groups excluding carboxylic acids is 2. The molecule has 5 rings (SSSR count). The van der Waals surface area contributed by atoms with Gasteiger partial charge in [0.05, 0.1) is 17.4 Å². The van der Waals surface area contributed by atoms with E-state index in [4.69, 9.17) is 11.6 Å². The van der Waals surface area contributed by atoms with E-state index in [-0.39, 0.29) is 25.5 Å². The highest BCUT2D eigenvalue weighted by atomic mass is 35.5. The van der Waals surface area contributed by atoms with E-state index in [1.807, 2.05) is 18.2 Å². The summed E-state index contributed by atoms with van der Waals surface area (Å²) in [5.41, 5.74) is 1.89. The molecule has 5 aromatic rings. The van der Waals surface area contributed by atoms with Gasteiger partial charge in [-0.15, -0.1) is 0 Å². The number of halogens is 1. The van der Waals surface area contributed by atoms with Gasteiger partial charge >= 0.3 is 5.69 Å². The van der Waals surface area contributed by atoms with Crippen molar-refractivity contribution in [1.29, 1.82) is 0 Å². The summed E-state index contributed by atoms with van der Waals surface area (Å²) >= 11 is 6.16. The first kappa shape index (κ1) is 26.6. The maximum absolute atomic E-state index is 13.5. The van der Waals surface area contributed by atoms with Gasteiger partial charge in [0.15, 0.2) is 5.82 Å². The third kappa shape index (κ3) is 5.71. The van der Waals surface area contributed by atoms with E-state index in [1.54, 1.807) is 67.6 Å². The number of amides is 2. The van der Waals surface area contributed by atoms with Crippen LogP contribution in [-0.2, 0) is 24.4 Å². The zero-order chi connectivity index (χ0) is 28.2. The van der Waals surface area contributed by atoms with Crippen molar-refractivity contribution in [3.8, 4) is 0 Å². The Balaban J connectivity index is 1.37. The molecule has 0 radical (unpaired) electrons. The van der Waals surface area contributed by atoms with Crippen molar-refractivity contribution in [2.45, 2.75) is 26.6 Å². The molecule has 2 heterocycles. The molecule has 0 aliphatic heterocycles. The van der Waals surface area contributed by atoms with Crippen molar-refractivity contribution >= 4 is 40.1 Å². The van der Waals surface area contributed by atoms with E-state index >= 15 is 0 Å². The first-order valence-electron chi connectivity index (χ1n) is 12.4. The molecule has 40 heavy (non-hydrogen) atoms. The molecule has 0 unspecified atom stereocenters. The Morgan fingerprint density at radius 3 is 2.40 bits per heavy atom. The average molecular weight is 557 g/mol. The number of H-pyrrole nitrogens is 1. The van der Waals surface area contributed by atoms with E-state index in [2.05, 4.69) is 20.8 Å². The lowest BCUT2D eigenvalue weighted by Crippen LogP contribution is -2.42. The van der Waals surface area contributed by atoms with Gasteiger partial charge in [-0.05, 0) is 48.4 Å². The van der Waals surface area contributed by atoms with Crippen LogP contribution in [0, 0.1) is 6.92 Å². The van der Waals surface area contributed by atoms with Crippen LogP contribution in [0.4, 0.5) is 5.82 Å². The smallest absolute Gasteiger partial charge is 0.332 e. The number of benzene rings is 3. The number of hydrogen-bond acceptors (Lipinski definition) is 5. The third-order valence-electron chi connectivity index (χ3n) is 6.36. The van der Waals surface area contributed by atoms with Crippen LogP contribution in [0.5, 0.6) is 0 Å². The number of para-hydroxylation sites is 1. The number of carbonyl (C=O) groups is 2. The summed E-state index contributed by atoms with van der Waals surface area (Å²) in [5.74, 6) is -0.407. The normalized spacial score (nSPS) is 10.9. The highest BCUT2D eigenvalue weighted by molar-refractivity contribution is 6.31. The molecule has 202 valence electrons. The van der Waals surface area contributed by atoms with E-state index in [9.17, 15) is 19.2 Å². The number of hydrogen-bond donors (Lipinski definition) is 3. The first-order valence-corrected chi connectivity index (χ1v) is 12.8. The van der Waals surface area contributed by atoms with Crippen LogP contribution in [0.1, 0.15) is 27.2 Å². The Morgan fingerprint density at radius 1 is 0.950 bits per heavy atom. The van der Waals surface area contributed by atoms with Gasteiger partial charge in [0.1, 0.15) is 6.54 Å². The Morgan fingerprint density at radius 2 is 1.68 bits per heavy atom. The number of aromatic nitrogens is 4. The van der Waals surface area contributed by atoms with Crippen molar-refractivity contribution < 1.29 is 9.59 Å². The minimum absolute atomic E-state index is 0.0375. The summed E-state index contributed by atoms with van der Waals surface area (Å²) in [6.45, 7) is 1.73. The summed E-state index contributed by atoms with van der Waals surface area (Å²) in [4.78, 5) is 52.1. The second-order valence-electron chi connectivity index (χ2n) is 9.23. The molecule has 2 aromatic heterocycles. The molecular formula is C29H25ClN6O4. The number of rotatable bonds is 8. The summed E-state index contributed by atoms with van der Waals surface area (Å²) in [5, 5.41) is 13.1. The van der Waals surface area contributed by atoms with Crippen molar-refractivity contribution in [2.24, 2.45) is 0 Å². The molecule has 2 amide bonds. The number of aromatic amines is 1. The lowest BCUT2D eigenvalue weighted by molar-refractivity contribution is -0.116. The molecule has 0 bridgehead atoms. The Hall–Kier alpha value is -4.96. The van der Waals surface area contributed by atoms with Crippen molar-refractivity contribution in [3.63, 3.8) is 0 Å². The minimum atomic E-state index is -0.626. The third-order valence-corrected chi connectivity index (χ3v) is 6.73. The van der Waals surface area contributed by atoms with E-state index in [1.165, 1.54) is 4.57 Å². The molecule has 11 heteroatoms. The van der Waals surface area contributed by atoms with E-state index in [0.29, 0.717) is 32.9 Å². The summed E-state index contributed by atoms with van der Waals surface area (Å²) < 4.78 is 2.35. The quantitative estimate of drug-likeness (QED) is 0.269. The van der Waals surface area contributed by atoms with Gasteiger partial charge in [-0.3, -0.25) is 28.6 Å². The summed E-state index contributed by atoms with van der Waals surface area (Å²) in [7, 11) is 0. The predicted molar refractivity (Wildman–Crippen MR) is 153 cm³/mol. The second kappa shape index (κ2) is 11.4. The highest BCUT2D eigenvalue weighted by Gasteiger charge is 2.16. The topological polar surface area (TPSA) is 131 Å². The number of nitrogens with zero attached hydrogens (tertiary/aromatic N) is 3. The molecule has 3 N–H and O–H groups in total. The van der Waals surface area contributed by atoms with Gasteiger partial charge in [0.2, 0.25) is 5.91 Å². The molecule has 0 saturated heterocycles. The largest absolute Gasteiger partial charge is 0.348 e. The second-order valence-corrected chi connectivity index (χ2v) is 9.64. The Kier molecular flexibility index (Phi) is 7.61. The fourth-order valence-electron chi connectivity index (χ4n) is 4.33.